The molecule has 2 N–H and O–H groups in total. The predicted octanol–water partition coefficient (Wildman–Crippen LogP) is 3.76. The summed E-state index contributed by atoms with van der Waals surface area (Å²) in [6.07, 6.45) is 8.67. The van der Waals surface area contributed by atoms with Crippen LogP contribution in [0.5, 0.6) is 0 Å². The number of hydrogen-bond acceptors (Lipinski definition) is 4. The maximum atomic E-state index is 13.4. The van der Waals surface area contributed by atoms with Gasteiger partial charge in [0.25, 0.3) is 0 Å². The summed E-state index contributed by atoms with van der Waals surface area (Å²) in [5.74, 6) is 0.868. The van der Waals surface area contributed by atoms with E-state index in [1.54, 1.807) is 24.3 Å². The van der Waals surface area contributed by atoms with E-state index in [-0.39, 0.29) is 22.3 Å². The fraction of sp³-hybridized carbons (Fsp3) is 0.720. The number of hydrogen-bond donors (Lipinski definition) is 2. The first-order valence-corrected chi connectivity index (χ1v) is 13.6. The molecular weight excluding hydrogens is 424 g/mol. The lowest BCUT2D eigenvalue weighted by Gasteiger charge is -2.64. The Morgan fingerprint density at radius 2 is 1.75 bits per heavy atom. The van der Waals surface area contributed by atoms with E-state index in [2.05, 4.69) is 23.9 Å². The molecule has 1 heterocycles. The van der Waals surface area contributed by atoms with E-state index < -0.39 is 10.0 Å². The van der Waals surface area contributed by atoms with Crippen molar-refractivity contribution in [2.75, 3.05) is 13.2 Å². The normalized spacial score (nSPS) is 38.2. The molecule has 0 radical (unpaired) electrons. The van der Waals surface area contributed by atoms with Gasteiger partial charge in [-0.25, -0.2) is 13.1 Å². The first-order valence-electron chi connectivity index (χ1n) is 12.1. The fourth-order valence-corrected chi connectivity index (χ4v) is 9.01. The van der Waals surface area contributed by atoms with Gasteiger partial charge in [0.15, 0.2) is 0 Å². The van der Waals surface area contributed by atoms with Gasteiger partial charge >= 0.3 is 0 Å². The molecule has 6 nitrogen and oxygen atoms in total. The fourth-order valence-electron chi connectivity index (χ4n) is 7.95. The number of ether oxygens (including phenoxy) is 1. The summed E-state index contributed by atoms with van der Waals surface area (Å²) >= 11 is 0. The third-order valence-electron chi connectivity index (χ3n) is 8.32. The number of benzene rings is 1. The van der Waals surface area contributed by atoms with Crippen LogP contribution in [0, 0.1) is 22.2 Å². The lowest BCUT2D eigenvalue weighted by molar-refractivity contribution is -0.170. The van der Waals surface area contributed by atoms with Gasteiger partial charge in [-0.1, -0.05) is 26.0 Å². The largest absolute Gasteiger partial charge is 0.377 e. The smallest absolute Gasteiger partial charge is 0.240 e. The molecule has 1 aromatic carbocycles. The van der Waals surface area contributed by atoms with Gasteiger partial charge in [0.2, 0.25) is 15.9 Å². The Labute approximate surface area is 191 Å². The predicted molar refractivity (Wildman–Crippen MR) is 122 cm³/mol. The molecule has 4 saturated carbocycles. The van der Waals surface area contributed by atoms with Crippen LogP contribution in [0.25, 0.3) is 0 Å². The number of carbonyl (C=O) groups is 1. The molecule has 0 spiro atoms. The quantitative estimate of drug-likeness (QED) is 0.649. The molecule has 4 bridgehead atoms. The Bertz CT molecular complexity index is 966. The molecule has 5 fully saturated rings. The molecule has 5 aliphatic rings. The maximum absolute atomic E-state index is 13.4. The first kappa shape index (κ1) is 22.4. The molecule has 32 heavy (non-hydrogen) atoms. The van der Waals surface area contributed by atoms with Crippen molar-refractivity contribution in [1.29, 1.82) is 0 Å². The van der Waals surface area contributed by atoms with Crippen LogP contribution in [-0.4, -0.2) is 33.6 Å². The van der Waals surface area contributed by atoms with Gasteiger partial charge in [-0.15, -0.1) is 0 Å². The lowest BCUT2D eigenvalue weighted by atomic mass is 9.40. The molecule has 6 rings (SSSR count). The van der Waals surface area contributed by atoms with Crippen molar-refractivity contribution in [1.82, 2.24) is 10.0 Å². The number of carbonyl (C=O) groups excluding carboxylic acids is 1. The van der Waals surface area contributed by atoms with Crippen LogP contribution in [-0.2, 0) is 26.1 Å². The van der Waals surface area contributed by atoms with E-state index in [1.807, 2.05) is 0 Å². The highest BCUT2D eigenvalue weighted by molar-refractivity contribution is 7.89. The van der Waals surface area contributed by atoms with Crippen LogP contribution in [0.15, 0.2) is 29.2 Å². The Morgan fingerprint density at radius 3 is 2.34 bits per heavy atom. The molecule has 1 aromatic rings. The minimum atomic E-state index is -3.56. The Balaban J connectivity index is 1.20. The first-order chi connectivity index (χ1) is 15.1. The molecule has 7 heteroatoms. The van der Waals surface area contributed by atoms with Crippen LogP contribution in [0.1, 0.15) is 70.8 Å². The van der Waals surface area contributed by atoms with Gasteiger partial charge in [-0.2, -0.15) is 0 Å². The summed E-state index contributed by atoms with van der Waals surface area (Å²) in [6, 6.07) is 6.82. The van der Waals surface area contributed by atoms with Gasteiger partial charge < -0.3 is 10.1 Å². The zero-order valence-corrected chi connectivity index (χ0v) is 20.1. The highest BCUT2D eigenvalue weighted by Crippen LogP contribution is 2.69. The van der Waals surface area contributed by atoms with Crippen LogP contribution >= 0.6 is 0 Å². The molecule has 3 atom stereocenters. The number of amides is 1. The molecular formula is C25H36N2O4S. The summed E-state index contributed by atoms with van der Waals surface area (Å²) in [7, 11) is -3.56. The van der Waals surface area contributed by atoms with Crippen LogP contribution < -0.4 is 10.0 Å². The van der Waals surface area contributed by atoms with Crippen LogP contribution in [0.2, 0.25) is 0 Å². The summed E-state index contributed by atoms with van der Waals surface area (Å²) in [4.78, 5) is 13.6. The van der Waals surface area contributed by atoms with Crippen molar-refractivity contribution in [3.05, 3.63) is 29.8 Å². The van der Waals surface area contributed by atoms with Gasteiger partial charge in [-0.3, -0.25) is 4.79 Å². The highest BCUT2D eigenvalue weighted by atomic mass is 32.2. The number of sulfonamides is 1. The minimum Gasteiger partial charge on any atom is -0.377 e. The number of nitrogens with one attached hydrogen (secondary N) is 2. The van der Waals surface area contributed by atoms with E-state index in [0.717, 1.165) is 37.7 Å². The standard InChI is InChI=1S/C25H36N2O4S/c1-23-10-19-11-24(2,15-23)17-25(12-19,16-23)22(28)26-13-18-5-7-21(8-6-18)32(29,30)27-14-20-4-3-9-31-20/h5-8,19-20,27H,3-4,9-17H2,1-2H3,(H,26,28). The third-order valence-corrected chi connectivity index (χ3v) is 9.76. The van der Waals surface area contributed by atoms with Crippen LogP contribution in [0.3, 0.4) is 0 Å². The molecule has 4 aliphatic carbocycles. The van der Waals surface area contributed by atoms with E-state index in [0.29, 0.717) is 36.4 Å². The molecule has 1 aliphatic heterocycles. The molecule has 1 amide bonds. The van der Waals surface area contributed by atoms with Crippen LogP contribution in [0.4, 0.5) is 0 Å². The summed E-state index contributed by atoms with van der Waals surface area (Å²) in [5.41, 5.74) is 1.30. The summed E-state index contributed by atoms with van der Waals surface area (Å²) < 4.78 is 33.2. The SMILES string of the molecule is CC12CC3CC(C)(C1)CC(C(=O)NCc1ccc(S(=O)(=O)NCC4CCCO4)cc1)(C3)C2. The lowest BCUT2D eigenvalue weighted by Crippen LogP contribution is -2.59. The van der Waals surface area contributed by atoms with Crippen molar-refractivity contribution in [2.24, 2.45) is 22.2 Å². The second-order valence-corrected chi connectivity index (χ2v) is 13.5. The summed E-state index contributed by atoms with van der Waals surface area (Å²) in [6.45, 7) is 6.20. The maximum Gasteiger partial charge on any atom is 0.240 e. The second-order valence-electron chi connectivity index (χ2n) is 11.7. The molecule has 0 aromatic heterocycles. The number of rotatable bonds is 7. The second kappa shape index (κ2) is 7.81. The highest BCUT2D eigenvalue weighted by Gasteiger charge is 2.62. The van der Waals surface area contributed by atoms with Crippen molar-refractivity contribution < 1.29 is 17.9 Å². The monoisotopic (exact) mass is 460 g/mol. The van der Waals surface area contributed by atoms with E-state index in [1.165, 1.54) is 19.3 Å². The molecule has 1 saturated heterocycles. The zero-order chi connectivity index (χ0) is 22.6. The molecule has 176 valence electrons. The Morgan fingerprint density at radius 1 is 1.06 bits per heavy atom. The van der Waals surface area contributed by atoms with Gasteiger partial charge in [0, 0.05) is 19.7 Å². The van der Waals surface area contributed by atoms with E-state index in [4.69, 9.17) is 4.74 Å². The minimum absolute atomic E-state index is 0.0339. The third kappa shape index (κ3) is 4.24. The van der Waals surface area contributed by atoms with Gasteiger partial charge in [0.05, 0.1) is 16.4 Å². The topological polar surface area (TPSA) is 84.5 Å². The molecule has 3 unspecified atom stereocenters. The van der Waals surface area contributed by atoms with E-state index >= 15 is 0 Å². The average Bonchev–Trinajstić information content (AvgIpc) is 3.22. The Kier molecular flexibility index (Phi) is 5.46. The summed E-state index contributed by atoms with van der Waals surface area (Å²) in [5, 5.41) is 3.19. The van der Waals surface area contributed by atoms with Crippen molar-refractivity contribution in [3.63, 3.8) is 0 Å². The van der Waals surface area contributed by atoms with Gasteiger partial charge in [0.1, 0.15) is 0 Å². The Hall–Kier alpha value is -1.44. The average molecular weight is 461 g/mol. The van der Waals surface area contributed by atoms with Crippen molar-refractivity contribution in [2.45, 2.75) is 82.8 Å². The van der Waals surface area contributed by atoms with Gasteiger partial charge in [-0.05, 0) is 85.8 Å². The van der Waals surface area contributed by atoms with Crippen molar-refractivity contribution >= 4 is 15.9 Å². The van der Waals surface area contributed by atoms with E-state index in [9.17, 15) is 13.2 Å². The zero-order valence-electron chi connectivity index (χ0n) is 19.3. The van der Waals surface area contributed by atoms with Crippen molar-refractivity contribution in [3.8, 4) is 0 Å².